The molecule has 1 atom stereocenters. The van der Waals surface area contributed by atoms with Gasteiger partial charge in [0, 0.05) is 18.4 Å². The second-order valence-electron chi connectivity index (χ2n) is 4.68. The second-order valence-corrected chi connectivity index (χ2v) is 6.92. The van der Waals surface area contributed by atoms with Gasteiger partial charge in [-0.2, -0.15) is 0 Å². The molecule has 100 valence electrons. The summed E-state index contributed by atoms with van der Waals surface area (Å²) in [5.41, 5.74) is 1.23. The van der Waals surface area contributed by atoms with Crippen molar-refractivity contribution in [3.63, 3.8) is 0 Å². The van der Waals surface area contributed by atoms with Crippen LogP contribution in [0.15, 0.2) is 29.2 Å². The molecule has 1 unspecified atom stereocenters. The Hall–Kier alpha value is -0.190. The molecule has 0 aliphatic carbocycles. The van der Waals surface area contributed by atoms with Gasteiger partial charge in [-0.1, -0.05) is 53.4 Å². The Morgan fingerprint density at radius 2 is 1.83 bits per heavy atom. The molecule has 0 aromatic heterocycles. The summed E-state index contributed by atoms with van der Waals surface area (Å²) >= 11 is 3.45. The van der Waals surface area contributed by atoms with Gasteiger partial charge in [-0.05, 0) is 24.5 Å². The van der Waals surface area contributed by atoms with Crippen LogP contribution in [0.2, 0.25) is 0 Å². The molecule has 1 aliphatic heterocycles. The number of nitrogens with zero attached hydrogens (tertiary/aromatic N) is 1. The van der Waals surface area contributed by atoms with E-state index in [0.29, 0.717) is 0 Å². The second kappa shape index (κ2) is 7.41. The van der Waals surface area contributed by atoms with E-state index in [2.05, 4.69) is 26.3 Å². The van der Waals surface area contributed by atoms with Crippen LogP contribution in [-0.4, -0.2) is 20.4 Å². The third-order valence-corrected chi connectivity index (χ3v) is 5.40. The fourth-order valence-corrected chi connectivity index (χ4v) is 4.05. The van der Waals surface area contributed by atoms with E-state index < -0.39 is 11.0 Å². The van der Waals surface area contributed by atoms with Gasteiger partial charge in [-0.15, -0.1) is 0 Å². The predicted molar refractivity (Wildman–Crippen MR) is 80.1 cm³/mol. The minimum Gasteiger partial charge on any atom is -0.237 e. The lowest BCUT2D eigenvalue weighted by Crippen LogP contribution is -2.20. The number of alkyl halides is 1. The Morgan fingerprint density at radius 1 is 1.11 bits per heavy atom. The van der Waals surface area contributed by atoms with Crippen LogP contribution in [0.25, 0.3) is 0 Å². The van der Waals surface area contributed by atoms with E-state index in [9.17, 15) is 4.21 Å². The maximum absolute atomic E-state index is 12.2. The van der Waals surface area contributed by atoms with Crippen molar-refractivity contribution in [1.29, 1.82) is 0 Å². The van der Waals surface area contributed by atoms with Crippen LogP contribution in [0.4, 0.5) is 0 Å². The third kappa shape index (κ3) is 3.65. The highest BCUT2D eigenvalue weighted by atomic mass is 79.9. The molecule has 1 aromatic carbocycles. The summed E-state index contributed by atoms with van der Waals surface area (Å²) < 4.78 is 14.3. The molecule has 0 saturated carbocycles. The topological polar surface area (TPSA) is 20.3 Å². The summed E-state index contributed by atoms with van der Waals surface area (Å²) in [5.74, 6) is 0. The normalized spacial score (nSPS) is 19.1. The number of rotatable bonds is 7. The van der Waals surface area contributed by atoms with Crippen LogP contribution < -0.4 is 0 Å². The molecular formula is C14H20BrNOS. The number of hydrogen-bond acceptors (Lipinski definition) is 1. The van der Waals surface area contributed by atoms with Gasteiger partial charge in [0.15, 0.2) is 0 Å². The summed E-state index contributed by atoms with van der Waals surface area (Å²) in [4.78, 5) is 1.01. The van der Waals surface area contributed by atoms with Gasteiger partial charge in [-0.3, -0.25) is 0 Å². The molecule has 0 bridgehead atoms. The van der Waals surface area contributed by atoms with Crippen LogP contribution >= 0.6 is 15.9 Å². The van der Waals surface area contributed by atoms with Gasteiger partial charge in [0.05, 0.1) is 4.90 Å². The molecular weight excluding hydrogens is 310 g/mol. The molecule has 0 fully saturated rings. The first kappa shape index (κ1) is 14.2. The molecule has 0 amide bonds. The van der Waals surface area contributed by atoms with Crippen molar-refractivity contribution in [2.45, 2.75) is 43.5 Å². The van der Waals surface area contributed by atoms with Gasteiger partial charge in [0.25, 0.3) is 0 Å². The first-order valence-corrected chi connectivity index (χ1v) is 8.86. The van der Waals surface area contributed by atoms with Crippen molar-refractivity contribution >= 4 is 26.9 Å². The van der Waals surface area contributed by atoms with Crippen molar-refractivity contribution in [3.8, 4) is 0 Å². The van der Waals surface area contributed by atoms with Crippen LogP contribution in [0.5, 0.6) is 0 Å². The number of hydrogen-bond donors (Lipinski definition) is 0. The molecule has 1 aromatic rings. The third-order valence-electron chi connectivity index (χ3n) is 3.28. The van der Waals surface area contributed by atoms with Crippen molar-refractivity contribution in [2.75, 3.05) is 11.9 Å². The Bertz CT molecular complexity index is 411. The number of halogens is 1. The molecule has 2 nitrogen and oxygen atoms in total. The summed E-state index contributed by atoms with van der Waals surface area (Å²) in [6, 6.07) is 8.07. The zero-order valence-corrected chi connectivity index (χ0v) is 13.0. The highest BCUT2D eigenvalue weighted by molar-refractivity contribution is 9.09. The van der Waals surface area contributed by atoms with Crippen molar-refractivity contribution < 1.29 is 4.21 Å². The molecule has 0 radical (unpaired) electrons. The van der Waals surface area contributed by atoms with Crippen LogP contribution in [0.3, 0.4) is 0 Å². The lowest BCUT2D eigenvalue weighted by atomic mass is 10.1. The molecule has 18 heavy (non-hydrogen) atoms. The van der Waals surface area contributed by atoms with E-state index in [4.69, 9.17) is 0 Å². The Labute approximate surface area is 120 Å². The zero-order chi connectivity index (χ0) is 12.8. The minimum atomic E-state index is -0.919. The van der Waals surface area contributed by atoms with Gasteiger partial charge in [0.2, 0.25) is 0 Å². The Kier molecular flexibility index (Phi) is 5.86. The average Bonchev–Trinajstić information content (AvgIpc) is 2.71. The molecule has 1 aliphatic rings. The SMILES string of the molecule is O=S1c2ccccc2CN1CCCCCCCBr. The lowest BCUT2D eigenvalue weighted by Gasteiger charge is -2.12. The minimum absolute atomic E-state index is 0.851. The molecule has 0 spiro atoms. The first-order valence-electron chi connectivity index (χ1n) is 6.63. The van der Waals surface area contributed by atoms with E-state index >= 15 is 0 Å². The summed E-state index contributed by atoms with van der Waals surface area (Å²) in [6.45, 7) is 1.81. The van der Waals surface area contributed by atoms with E-state index in [1.165, 1.54) is 31.2 Å². The Morgan fingerprint density at radius 3 is 2.61 bits per heavy atom. The van der Waals surface area contributed by atoms with Gasteiger partial charge in [-0.25, -0.2) is 8.51 Å². The molecule has 0 saturated heterocycles. The fourth-order valence-electron chi connectivity index (χ4n) is 2.27. The largest absolute Gasteiger partial charge is 0.237 e. The van der Waals surface area contributed by atoms with Gasteiger partial charge in [0.1, 0.15) is 11.0 Å². The monoisotopic (exact) mass is 329 g/mol. The molecule has 4 heteroatoms. The van der Waals surface area contributed by atoms with Crippen molar-refractivity contribution in [1.82, 2.24) is 4.31 Å². The Balaban J connectivity index is 1.72. The van der Waals surface area contributed by atoms with Crippen LogP contribution in [0, 0.1) is 0 Å². The predicted octanol–water partition coefficient (Wildman–Crippen LogP) is 3.87. The van der Waals surface area contributed by atoms with E-state index in [0.717, 1.165) is 29.7 Å². The average molecular weight is 330 g/mol. The maximum Gasteiger partial charge on any atom is 0.128 e. The molecule has 2 rings (SSSR count). The standard InChI is InChI=1S/C14H20BrNOS/c15-10-6-2-1-3-7-11-16-12-13-8-4-5-9-14(13)18(16)17/h4-5,8-9H,1-3,6-7,10-12H2. The maximum atomic E-state index is 12.2. The number of fused-ring (bicyclic) bond motifs is 1. The fraction of sp³-hybridized carbons (Fsp3) is 0.571. The van der Waals surface area contributed by atoms with Gasteiger partial charge < -0.3 is 0 Å². The van der Waals surface area contributed by atoms with Crippen LogP contribution in [0.1, 0.15) is 37.7 Å². The van der Waals surface area contributed by atoms with Crippen LogP contribution in [-0.2, 0) is 17.5 Å². The number of benzene rings is 1. The van der Waals surface area contributed by atoms with Crippen molar-refractivity contribution in [3.05, 3.63) is 29.8 Å². The molecule has 0 N–H and O–H groups in total. The van der Waals surface area contributed by atoms with E-state index in [1.54, 1.807) is 0 Å². The molecule has 1 heterocycles. The highest BCUT2D eigenvalue weighted by Crippen LogP contribution is 2.26. The lowest BCUT2D eigenvalue weighted by molar-refractivity contribution is 0.433. The number of unbranched alkanes of at least 4 members (excludes halogenated alkanes) is 4. The smallest absolute Gasteiger partial charge is 0.128 e. The van der Waals surface area contributed by atoms with E-state index in [-0.39, 0.29) is 0 Å². The van der Waals surface area contributed by atoms with Crippen molar-refractivity contribution in [2.24, 2.45) is 0 Å². The summed E-state index contributed by atoms with van der Waals surface area (Å²) in [6.07, 6.45) is 6.26. The summed E-state index contributed by atoms with van der Waals surface area (Å²) in [5, 5.41) is 1.11. The highest BCUT2D eigenvalue weighted by Gasteiger charge is 2.25. The van der Waals surface area contributed by atoms with Gasteiger partial charge >= 0.3 is 0 Å². The quantitative estimate of drug-likeness (QED) is 0.549. The summed E-state index contributed by atoms with van der Waals surface area (Å²) in [7, 11) is -0.919. The first-order chi connectivity index (χ1) is 8.83. The zero-order valence-electron chi connectivity index (χ0n) is 10.6. The van der Waals surface area contributed by atoms with E-state index in [1.807, 2.05) is 18.2 Å².